The Kier molecular flexibility index (Phi) is 3.76. The van der Waals surface area contributed by atoms with E-state index in [1.54, 1.807) is 7.11 Å². The normalized spacial score (nSPS) is 14.4. The summed E-state index contributed by atoms with van der Waals surface area (Å²) in [6.07, 6.45) is 1.39. The summed E-state index contributed by atoms with van der Waals surface area (Å²) in [6.45, 7) is 5.89. The van der Waals surface area contributed by atoms with Crippen LogP contribution in [0.4, 0.5) is 0 Å². The van der Waals surface area contributed by atoms with Gasteiger partial charge in [0.15, 0.2) is 5.78 Å². The Bertz CT molecular complexity index is 601. The molecular formula is C17H18O2. The zero-order valence-electron chi connectivity index (χ0n) is 11.9. The molecule has 0 saturated carbocycles. The molecule has 0 radical (unpaired) electrons. The van der Waals surface area contributed by atoms with Crippen LogP contribution < -0.4 is 4.74 Å². The van der Waals surface area contributed by atoms with Crippen molar-refractivity contribution in [1.82, 2.24) is 0 Å². The first-order valence-corrected chi connectivity index (χ1v) is 6.43. The molecule has 0 heterocycles. The maximum absolute atomic E-state index is 11.4. The topological polar surface area (TPSA) is 26.3 Å². The molecule has 1 aromatic rings. The van der Waals surface area contributed by atoms with E-state index in [0.717, 1.165) is 40.0 Å². The number of benzene rings is 1. The van der Waals surface area contributed by atoms with Gasteiger partial charge >= 0.3 is 0 Å². The molecule has 2 rings (SSSR count). The second kappa shape index (κ2) is 5.32. The van der Waals surface area contributed by atoms with Crippen molar-refractivity contribution >= 4 is 5.78 Å². The highest BCUT2D eigenvalue weighted by molar-refractivity contribution is 5.99. The van der Waals surface area contributed by atoms with Gasteiger partial charge in [-0.1, -0.05) is 11.8 Å². The van der Waals surface area contributed by atoms with Gasteiger partial charge in [-0.25, -0.2) is 0 Å². The second-order valence-electron chi connectivity index (χ2n) is 4.92. The van der Waals surface area contributed by atoms with Gasteiger partial charge in [-0.15, -0.1) is 0 Å². The SMILES string of the molecule is COc1c(C)cc(C#CC2=C(C)C(=O)CC2)cc1C. The van der Waals surface area contributed by atoms with Crippen molar-refractivity contribution in [2.45, 2.75) is 33.6 Å². The third kappa shape index (κ3) is 2.71. The van der Waals surface area contributed by atoms with E-state index in [0.29, 0.717) is 6.42 Å². The minimum absolute atomic E-state index is 0.228. The summed E-state index contributed by atoms with van der Waals surface area (Å²) >= 11 is 0. The molecule has 19 heavy (non-hydrogen) atoms. The van der Waals surface area contributed by atoms with Crippen LogP contribution in [-0.4, -0.2) is 12.9 Å². The molecule has 0 saturated heterocycles. The number of methoxy groups -OCH3 is 1. The Morgan fingerprint density at radius 2 is 1.68 bits per heavy atom. The average molecular weight is 254 g/mol. The van der Waals surface area contributed by atoms with Crippen LogP contribution in [0.15, 0.2) is 23.3 Å². The monoisotopic (exact) mass is 254 g/mol. The molecule has 0 fully saturated rings. The highest BCUT2D eigenvalue weighted by atomic mass is 16.5. The number of hydrogen-bond acceptors (Lipinski definition) is 2. The van der Waals surface area contributed by atoms with Crippen LogP contribution in [0.25, 0.3) is 0 Å². The first-order valence-electron chi connectivity index (χ1n) is 6.43. The fourth-order valence-corrected chi connectivity index (χ4v) is 2.43. The Hall–Kier alpha value is -2.01. The summed E-state index contributed by atoms with van der Waals surface area (Å²) in [4.78, 5) is 11.4. The van der Waals surface area contributed by atoms with Gasteiger partial charge < -0.3 is 4.74 Å². The molecule has 0 unspecified atom stereocenters. The minimum atomic E-state index is 0.228. The van der Waals surface area contributed by atoms with Crippen molar-refractivity contribution in [3.05, 3.63) is 40.0 Å². The van der Waals surface area contributed by atoms with E-state index in [9.17, 15) is 4.79 Å². The van der Waals surface area contributed by atoms with Crippen LogP contribution in [0, 0.1) is 25.7 Å². The van der Waals surface area contributed by atoms with E-state index in [1.807, 2.05) is 32.9 Å². The number of ketones is 1. The van der Waals surface area contributed by atoms with Gasteiger partial charge in [0.1, 0.15) is 5.75 Å². The Labute approximate surface area is 114 Å². The van der Waals surface area contributed by atoms with Gasteiger partial charge in [0, 0.05) is 23.1 Å². The number of aryl methyl sites for hydroxylation is 2. The number of ether oxygens (including phenoxy) is 1. The van der Waals surface area contributed by atoms with E-state index < -0.39 is 0 Å². The summed E-state index contributed by atoms with van der Waals surface area (Å²) < 4.78 is 5.34. The lowest BCUT2D eigenvalue weighted by molar-refractivity contribution is -0.114. The molecule has 1 aliphatic carbocycles. The fourth-order valence-electron chi connectivity index (χ4n) is 2.43. The number of carbonyl (C=O) groups is 1. The van der Waals surface area contributed by atoms with Crippen molar-refractivity contribution in [2.75, 3.05) is 7.11 Å². The lowest BCUT2D eigenvalue weighted by Gasteiger charge is -2.08. The maximum Gasteiger partial charge on any atom is 0.159 e. The number of carbonyl (C=O) groups excluding carboxylic acids is 1. The molecule has 0 N–H and O–H groups in total. The molecule has 0 spiro atoms. The zero-order chi connectivity index (χ0) is 14.0. The number of rotatable bonds is 1. The van der Waals surface area contributed by atoms with Crippen LogP contribution >= 0.6 is 0 Å². The molecule has 0 aliphatic heterocycles. The van der Waals surface area contributed by atoms with Gasteiger partial charge in [-0.05, 0) is 50.5 Å². The lowest BCUT2D eigenvalue weighted by Crippen LogP contribution is -1.92. The van der Waals surface area contributed by atoms with Crippen LogP contribution in [0.3, 0.4) is 0 Å². The molecule has 2 nitrogen and oxygen atoms in total. The van der Waals surface area contributed by atoms with Crippen molar-refractivity contribution in [1.29, 1.82) is 0 Å². The van der Waals surface area contributed by atoms with Gasteiger partial charge in [0.2, 0.25) is 0 Å². The molecule has 98 valence electrons. The molecular weight excluding hydrogens is 236 g/mol. The van der Waals surface area contributed by atoms with E-state index >= 15 is 0 Å². The predicted octanol–water partition coefficient (Wildman–Crippen LogP) is 3.34. The van der Waals surface area contributed by atoms with Crippen molar-refractivity contribution in [3.8, 4) is 17.6 Å². The standard InChI is InChI=1S/C17H18O2/c1-11-9-14(10-12(2)17(11)19-4)5-6-15-7-8-16(18)13(15)3/h9-10H,7-8H2,1-4H3. The summed E-state index contributed by atoms with van der Waals surface area (Å²) in [5.74, 6) is 7.43. The Balaban J connectivity index is 2.34. The van der Waals surface area contributed by atoms with E-state index in [-0.39, 0.29) is 5.78 Å². The minimum Gasteiger partial charge on any atom is -0.496 e. The van der Waals surface area contributed by atoms with Crippen LogP contribution in [-0.2, 0) is 4.79 Å². The van der Waals surface area contributed by atoms with Gasteiger partial charge in [-0.2, -0.15) is 0 Å². The third-order valence-electron chi connectivity index (χ3n) is 3.50. The number of Topliss-reactive ketones (excluding diaryl/α,β-unsaturated/α-hetero) is 1. The molecule has 1 aromatic carbocycles. The summed E-state index contributed by atoms with van der Waals surface area (Å²) in [7, 11) is 1.68. The van der Waals surface area contributed by atoms with Crippen LogP contribution in [0.2, 0.25) is 0 Å². The first kappa shape index (κ1) is 13.4. The Morgan fingerprint density at radius 1 is 1.05 bits per heavy atom. The molecule has 0 bridgehead atoms. The van der Waals surface area contributed by atoms with Crippen LogP contribution in [0.1, 0.15) is 36.5 Å². The highest BCUT2D eigenvalue weighted by Crippen LogP contribution is 2.25. The van der Waals surface area contributed by atoms with Gasteiger partial charge in [-0.3, -0.25) is 4.79 Å². The van der Waals surface area contributed by atoms with Crippen molar-refractivity contribution in [2.24, 2.45) is 0 Å². The molecule has 2 heteroatoms. The van der Waals surface area contributed by atoms with Gasteiger partial charge in [0.25, 0.3) is 0 Å². The quantitative estimate of drug-likeness (QED) is 0.718. The van der Waals surface area contributed by atoms with Crippen LogP contribution in [0.5, 0.6) is 5.75 Å². The smallest absolute Gasteiger partial charge is 0.159 e. The third-order valence-corrected chi connectivity index (χ3v) is 3.50. The average Bonchev–Trinajstić information content (AvgIpc) is 2.67. The van der Waals surface area contributed by atoms with Crippen molar-refractivity contribution < 1.29 is 9.53 Å². The summed E-state index contributed by atoms with van der Waals surface area (Å²) in [5.41, 5.74) is 4.95. The summed E-state index contributed by atoms with van der Waals surface area (Å²) in [5, 5.41) is 0. The number of hydrogen-bond donors (Lipinski definition) is 0. The van der Waals surface area contributed by atoms with Crippen molar-refractivity contribution in [3.63, 3.8) is 0 Å². The highest BCUT2D eigenvalue weighted by Gasteiger charge is 2.17. The molecule has 0 atom stereocenters. The van der Waals surface area contributed by atoms with E-state index in [2.05, 4.69) is 11.8 Å². The zero-order valence-corrected chi connectivity index (χ0v) is 11.9. The lowest BCUT2D eigenvalue weighted by atomic mass is 10.1. The first-order chi connectivity index (χ1) is 9.02. The molecule has 0 amide bonds. The Morgan fingerprint density at radius 3 is 2.16 bits per heavy atom. The van der Waals surface area contributed by atoms with E-state index in [1.165, 1.54) is 0 Å². The van der Waals surface area contributed by atoms with E-state index in [4.69, 9.17) is 4.74 Å². The molecule has 0 aromatic heterocycles. The predicted molar refractivity (Wildman–Crippen MR) is 76.3 cm³/mol. The molecule has 1 aliphatic rings. The van der Waals surface area contributed by atoms with Gasteiger partial charge in [0.05, 0.1) is 7.11 Å². The number of allylic oxidation sites excluding steroid dienone is 2. The fraction of sp³-hybridized carbons (Fsp3) is 0.353. The maximum atomic E-state index is 11.4. The second-order valence-corrected chi connectivity index (χ2v) is 4.92. The largest absolute Gasteiger partial charge is 0.496 e. The summed E-state index contributed by atoms with van der Waals surface area (Å²) in [6, 6.07) is 4.04.